The summed E-state index contributed by atoms with van der Waals surface area (Å²) in [6, 6.07) is 21.5. The van der Waals surface area contributed by atoms with Crippen LogP contribution >= 0.6 is 23.4 Å². The van der Waals surface area contributed by atoms with Crippen LogP contribution in [0.25, 0.3) is 0 Å². The molecule has 0 fully saturated rings. The highest BCUT2D eigenvalue weighted by Gasteiger charge is 2.06. The van der Waals surface area contributed by atoms with E-state index in [9.17, 15) is 4.39 Å². The molecule has 0 bridgehead atoms. The Kier molecular flexibility index (Phi) is 7.67. The maximum absolute atomic E-state index is 13.8. The van der Waals surface area contributed by atoms with Gasteiger partial charge in [0.2, 0.25) is 0 Å². The third-order valence-corrected chi connectivity index (χ3v) is 4.99. The second kappa shape index (κ2) is 10.6. The second-order valence-electron chi connectivity index (χ2n) is 6.02. The number of halogens is 2. The Balaban J connectivity index is 1.64. The Morgan fingerprint density at radius 1 is 1.07 bits per heavy atom. The fourth-order valence-corrected chi connectivity index (χ4v) is 3.22. The molecule has 0 aromatic heterocycles. The van der Waals surface area contributed by atoms with E-state index < -0.39 is 0 Å². The molecule has 0 saturated heterocycles. The number of thioether (sulfide) groups is 1. The molecular weight excluding hydrogens is 409 g/mol. The van der Waals surface area contributed by atoms with Crippen molar-refractivity contribution in [2.45, 2.75) is 12.4 Å². The molecule has 0 saturated carbocycles. The lowest BCUT2D eigenvalue weighted by Gasteiger charge is -2.10. The minimum Gasteiger partial charge on any atom is -0.488 e. The molecule has 0 aliphatic rings. The maximum Gasteiger partial charge on any atom is 0.180 e. The summed E-state index contributed by atoms with van der Waals surface area (Å²) >= 11 is 7.47. The lowest BCUT2D eigenvalue weighted by molar-refractivity contribution is 0.299. The van der Waals surface area contributed by atoms with Crippen LogP contribution in [0.1, 0.15) is 16.7 Å². The zero-order valence-corrected chi connectivity index (χ0v) is 17.0. The largest absolute Gasteiger partial charge is 0.488 e. The molecular formula is C22H19ClFN3OS. The van der Waals surface area contributed by atoms with Gasteiger partial charge >= 0.3 is 0 Å². The number of hydrogen-bond acceptors (Lipinski definition) is 4. The average Bonchev–Trinajstić information content (AvgIpc) is 2.73. The summed E-state index contributed by atoms with van der Waals surface area (Å²) in [5.41, 5.74) is 8.14. The Morgan fingerprint density at radius 3 is 2.62 bits per heavy atom. The third kappa shape index (κ3) is 6.62. The molecule has 0 aliphatic heterocycles. The zero-order chi connectivity index (χ0) is 20.5. The van der Waals surface area contributed by atoms with Crippen molar-refractivity contribution in [3.63, 3.8) is 0 Å². The number of nitrogens with two attached hydrogens (primary N) is 1. The van der Waals surface area contributed by atoms with Crippen molar-refractivity contribution < 1.29 is 9.13 Å². The summed E-state index contributed by atoms with van der Waals surface area (Å²) in [6.45, 7) is 0.0908. The van der Waals surface area contributed by atoms with E-state index >= 15 is 0 Å². The van der Waals surface area contributed by atoms with Crippen LogP contribution in [0.2, 0.25) is 5.02 Å². The van der Waals surface area contributed by atoms with Crippen LogP contribution in [0.15, 0.2) is 83.0 Å². The standard InChI is InChI=1S/C22H19ClFN3OS/c23-19-10-11-21(28-14-17-8-4-5-9-20(17)24)18(12-19)13-26-27-22(25)29-15-16-6-2-1-3-7-16/h1-13H,14-15H2,(H2,25,27). The minimum absolute atomic E-state index is 0.0908. The molecule has 0 aliphatic carbocycles. The first-order valence-corrected chi connectivity index (χ1v) is 10.2. The Morgan fingerprint density at radius 2 is 1.83 bits per heavy atom. The predicted molar refractivity (Wildman–Crippen MR) is 119 cm³/mol. The van der Waals surface area contributed by atoms with Gasteiger partial charge < -0.3 is 10.5 Å². The van der Waals surface area contributed by atoms with Crippen LogP contribution in [0.5, 0.6) is 5.75 Å². The highest BCUT2D eigenvalue weighted by atomic mass is 35.5. The van der Waals surface area contributed by atoms with Crippen LogP contribution in [0.4, 0.5) is 4.39 Å². The Bertz CT molecular complexity index is 1010. The van der Waals surface area contributed by atoms with Crippen LogP contribution in [0.3, 0.4) is 0 Å². The van der Waals surface area contributed by atoms with Crippen LogP contribution in [-0.2, 0) is 12.4 Å². The summed E-state index contributed by atoms with van der Waals surface area (Å²) in [5.74, 6) is 0.913. The zero-order valence-electron chi connectivity index (χ0n) is 15.5. The van der Waals surface area contributed by atoms with Gasteiger partial charge in [-0.15, -0.1) is 5.10 Å². The number of amidine groups is 1. The second-order valence-corrected chi connectivity index (χ2v) is 7.45. The highest BCUT2D eigenvalue weighted by Crippen LogP contribution is 2.23. The third-order valence-electron chi connectivity index (χ3n) is 3.90. The molecule has 3 rings (SSSR count). The molecule has 0 unspecified atom stereocenters. The SMILES string of the molecule is NC(=NN=Cc1cc(Cl)ccc1OCc1ccccc1F)SCc1ccccc1. The maximum atomic E-state index is 13.8. The molecule has 4 nitrogen and oxygen atoms in total. The number of ether oxygens (including phenoxy) is 1. The molecule has 0 atom stereocenters. The van der Waals surface area contributed by atoms with Crippen molar-refractivity contribution in [3.8, 4) is 5.75 Å². The van der Waals surface area contributed by atoms with Gasteiger partial charge in [-0.2, -0.15) is 5.10 Å². The van der Waals surface area contributed by atoms with Gasteiger partial charge in [0, 0.05) is 21.9 Å². The fraction of sp³-hybridized carbons (Fsp3) is 0.0909. The lowest BCUT2D eigenvalue weighted by atomic mass is 10.2. The minimum atomic E-state index is -0.315. The van der Waals surface area contributed by atoms with Crippen LogP contribution < -0.4 is 10.5 Å². The van der Waals surface area contributed by atoms with Crippen molar-refractivity contribution in [3.05, 3.63) is 100 Å². The molecule has 0 amide bonds. The summed E-state index contributed by atoms with van der Waals surface area (Å²) in [7, 11) is 0. The average molecular weight is 428 g/mol. The van der Waals surface area contributed by atoms with E-state index in [1.165, 1.54) is 24.0 Å². The first-order chi connectivity index (χ1) is 14.1. The van der Waals surface area contributed by atoms with Crippen LogP contribution in [0, 0.1) is 5.82 Å². The fourth-order valence-electron chi connectivity index (χ4n) is 2.43. The molecule has 7 heteroatoms. The molecule has 148 valence electrons. The van der Waals surface area contributed by atoms with E-state index in [4.69, 9.17) is 22.1 Å². The van der Waals surface area contributed by atoms with Gasteiger partial charge in [0.05, 0.1) is 6.21 Å². The van der Waals surface area contributed by atoms with E-state index in [-0.39, 0.29) is 12.4 Å². The van der Waals surface area contributed by atoms with Crippen molar-refractivity contribution >= 4 is 34.7 Å². The molecule has 29 heavy (non-hydrogen) atoms. The van der Waals surface area contributed by atoms with Crippen molar-refractivity contribution in [1.29, 1.82) is 0 Å². The topological polar surface area (TPSA) is 60.0 Å². The monoisotopic (exact) mass is 427 g/mol. The van der Waals surface area contributed by atoms with Gasteiger partial charge in [-0.3, -0.25) is 0 Å². The molecule has 0 radical (unpaired) electrons. The van der Waals surface area contributed by atoms with Gasteiger partial charge in [0.1, 0.15) is 18.2 Å². The van der Waals surface area contributed by atoms with E-state index in [2.05, 4.69) is 10.2 Å². The number of nitrogens with zero attached hydrogens (tertiary/aromatic N) is 2. The van der Waals surface area contributed by atoms with Gasteiger partial charge in [0.15, 0.2) is 5.17 Å². The summed E-state index contributed by atoms with van der Waals surface area (Å²) in [4.78, 5) is 0. The summed E-state index contributed by atoms with van der Waals surface area (Å²) in [5, 5.41) is 8.91. The van der Waals surface area contributed by atoms with Gasteiger partial charge in [-0.25, -0.2) is 4.39 Å². The highest BCUT2D eigenvalue weighted by molar-refractivity contribution is 8.13. The van der Waals surface area contributed by atoms with E-state index in [0.717, 1.165) is 5.56 Å². The van der Waals surface area contributed by atoms with Gasteiger partial charge in [0.25, 0.3) is 0 Å². The van der Waals surface area contributed by atoms with Gasteiger partial charge in [-0.1, -0.05) is 71.9 Å². The van der Waals surface area contributed by atoms with Crippen LogP contribution in [-0.4, -0.2) is 11.4 Å². The smallest absolute Gasteiger partial charge is 0.180 e. The predicted octanol–water partition coefficient (Wildman–Crippen LogP) is 5.64. The number of hydrogen-bond donors (Lipinski definition) is 1. The number of benzene rings is 3. The molecule has 2 N–H and O–H groups in total. The first kappa shape index (κ1) is 20.9. The van der Waals surface area contributed by atoms with Crippen molar-refractivity contribution in [2.75, 3.05) is 0 Å². The first-order valence-electron chi connectivity index (χ1n) is 8.81. The summed E-state index contributed by atoms with van der Waals surface area (Å²) in [6.07, 6.45) is 1.51. The Labute approximate surface area is 178 Å². The summed E-state index contributed by atoms with van der Waals surface area (Å²) < 4.78 is 19.5. The van der Waals surface area contributed by atoms with Gasteiger partial charge in [-0.05, 0) is 29.8 Å². The van der Waals surface area contributed by atoms with E-state index in [0.29, 0.717) is 32.8 Å². The van der Waals surface area contributed by atoms with E-state index in [1.54, 1.807) is 36.4 Å². The number of rotatable bonds is 7. The quantitative estimate of drug-likeness (QED) is 0.301. The molecule has 0 spiro atoms. The molecule has 3 aromatic carbocycles. The molecule has 3 aromatic rings. The molecule has 0 heterocycles. The normalized spacial score (nSPS) is 11.7. The van der Waals surface area contributed by atoms with Crippen molar-refractivity contribution in [1.82, 2.24) is 0 Å². The Hall–Kier alpha value is -2.83. The van der Waals surface area contributed by atoms with Crippen molar-refractivity contribution in [2.24, 2.45) is 15.9 Å². The lowest BCUT2D eigenvalue weighted by Crippen LogP contribution is -2.06. The van der Waals surface area contributed by atoms with E-state index in [1.807, 2.05) is 30.3 Å².